The Kier molecular flexibility index (Phi) is 7.11. The largest absolute Gasteiger partial charge is 0.487 e. The second-order valence-corrected chi connectivity index (χ2v) is 7.87. The van der Waals surface area contributed by atoms with Crippen LogP contribution in [-0.2, 0) is 28.8 Å². The number of carbonyl (C=O) groups is 1. The maximum atomic E-state index is 13.7. The highest BCUT2D eigenvalue weighted by Crippen LogP contribution is 2.37. The van der Waals surface area contributed by atoms with Gasteiger partial charge in [0.25, 0.3) is 0 Å². The summed E-state index contributed by atoms with van der Waals surface area (Å²) >= 11 is 5.76. The van der Waals surface area contributed by atoms with Gasteiger partial charge in [-0.1, -0.05) is 29.8 Å². The summed E-state index contributed by atoms with van der Waals surface area (Å²) in [6.45, 7) is 3.01. The summed E-state index contributed by atoms with van der Waals surface area (Å²) in [6, 6.07) is 10.6. The average molecular weight is 422 g/mol. The lowest BCUT2D eigenvalue weighted by Crippen LogP contribution is -2.32. The summed E-state index contributed by atoms with van der Waals surface area (Å²) in [4.78, 5) is 12.1. The van der Waals surface area contributed by atoms with E-state index in [1.54, 1.807) is 6.07 Å². The van der Waals surface area contributed by atoms with Crippen molar-refractivity contribution in [2.75, 3.05) is 26.4 Å². The van der Waals surface area contributed by atoms with Crippen LogP contribution < -0.4 is 10.1 Å². The molecule has 0 saturated heterocycles. The van der Waals surface area contributed by atoms with Crippen molar-refractivity contribution in [2.45, 2.75) is 31.8 Å². The van der Waals surface area contributed by atoms with Crippen LogP contribution in [0.5, 0.6) is 5.75 Å². The van der Waals surface area contributed by atoms with Crippen LogP contribution in [0.3, 0.4) is 0 Å². The Morgan fingerprint density at radius 1 is 1.28 bits per heavy atom. The molecule has 0 radical (unpaired) electrons. The minimum absolute atomic E-state index is 0.0307. The molecule has 1 aliphatic heterocycles. The molecule has 2 aromatic carbocycles. The molecule has 2 N–H and O–H groups in total. The monoisotopic (exact) mass is 421 g/mol. The van der Waals surface area contributed by atoms with E-state index in [1.165, 1.54) is 6.07 Å². The molecule has 1 aliphatic rings. The maximum Gasteiger partial charge on any atom is 0.224 e. The molecule has 1 heterocycles. The van der Waals surface area contributed by atoms with Crippen LogP contribution in [-0.4, -0.2) is 43.0 Å². The van der Waals surface area contributed by atoms with E-state index in [-0.39, 0.29) is 30.6 Å². The fourth-order valence-electron chi connectivity index (χ4n) is 3.54. The molecule has 0 unspecified atom stereocenters. The van der Waals surface area contributed by atoms with Crippen LogP contribution in [0.2, 0.25) is 5.02 Å². The summed E-state index contributed by atoms with van der Waals surface area (Å²) < 4.78 is 25.0. The fourth-order valence-corrected chi connectivity index (χ4v) is 3.66. The van der Waals surface area contributed by atoms with Gasteiger partial charge in [0.1, 0.15) is 17.2 Å². The van der Waals surface area contributed by atoms with Gasteiger partial charge in [-0.3, -0.25) is 4.79 Å². The summed E-state index contributed by atoms with van der Waals surface area (Å²) in [5.74, 6) is 0.276. The Labute approximate surface area is 174 Å². The number of ether oxygens (including phenoxy) is 2. The Hall–Kier alpha value is -2.15. The predicted octanol–water partition coefficient (Wildman–Crippen LogP) is 3.08. The van der Waals surface area contributed by atoms with Gasteiger partial charge < -0.3 is 19.9 Å². The molecule has 7 heteroatoms. The number of nitrogens with one attached hydrogen (secondary N) is 1. The number of amides is 1. The molecule has 3 rings (SSSR count). The van der Waals surface area contributed by atoms with E-state index in [1.807, 2.05) is 31.2 Å². The zero-order valence-corrected chi connectivity index (χ0v) is 17.1. The number of benzene rings is 2. The second kappa shape index (κ2) is 9.57. The van der Waals surface area contributed by atoms with Crippen LogP contribution in [0.1, 0.15) is 23.6 Å². The first-order valence-corrected chi connectivity index (χ1v) is 9.96. The van der Waals surface area contributed by atoms with Gasteiger partial charge in [0.15, 0.2) is 0 Å². The maximum absolute atomic E-state index is 13.7. The van der Waals surface area contributed by atoms with Crippen molar-refractivity contribution in [1.29, 1.82) is 0 Å². The molecule has 29 heavy (non-hydrogen) atoms. The highest BCUT2D eigenvalue weighted by molar-refractivity contribution is 6.30. The standard InChI is InChI=1S/C22H25ClFNO4/c1-22(13-16-2-4-18(23)19(24)11-16)14-17-10-15(3-5-20(17)29-22)12-21(27)25-6-8-28-9-7-26/h2-5,10-11,26H,6-9,12-14H2,1H3,(H,25,27)/t22-/m0/s1. The minimum atomic E-state index is -0.479. The number of carbonyl (C=O) groups excluding carboxylic acids is 1. The number of rotatable bonds is 9. The number of halogens is 2. The number of aliphatic hydroxyl groups is 1. The van der Waals surface area contributed by atoms with Crippen LogP contribution in [0.4, 0.5) is 4.39 Å². The molecule has 0 aromatic heterocycles. The van der Waals surface area contributed by atoms with E-state index in [9.17, 15) is 9.18 Å². The first kappa shape index (κ1) is 21.6. The van der Waals surface area contributed by atoms with Crippen LogP contribution in [0.15, 0.2) is 36.4 Å². The van der Waals surface area contributed by atoms with Crippen molar-refractivity contribution >= 4 is 17.5 Å². The molecule has 0 bridgehead atoms. The molecular weight excluding hydrogens is 397 g/mol. The minimum Gasteiger partial charge on any atom is -0.487 e. The first-order chi connectivity index (χ1) is 13.9. The van der Waals surface area contributed by atoms with Gasteiger partial charge in [-0.25, -0.2) is 4.39 Å². The van der Waals surface area contributed by atoms with Gasteiger partial charge in [0.05, 0.1) is 31.3 Å². The quantitative estimate of drug-likeness (QED) is 0.610. The van der Waals surface area contributed by atoms with Crippen molar-refractivity contribution in [2.24, 2.45) is 0 Å². The SMILES string of the molecule is C[C@]1(Cc2ccc(Cl)c(F)c2)Cc2cc(CC(=O)NCCOCCO)ccc2O1. The summed E-state index contributed by atoms with van der Waals surface area (Å²) in [5, 5.41) is 11.5. The van der Waals surface area contributed by atoms with Crippen molar-refractivity contribution in [3.63, 3.8) is 0 Å². The van der Waals surface area contributed by atoms with Gasteiger partial charge >= 0.3 is 0 Å². The van der Waals surface area contributed by atoms with Crippen LogP contribution in [0, 0.1) is 5.82 Å². The molecule has 156 valence electrons. The molecule has 0 spiro atoms. The molecule has 1 atom stereocenters. The summed E-state index contributed by atoms with van der Waals surface area (Å²) in [7, 11) is 0. The molecule has 0 saturated carbocycles. The average Bonchev–Trinajstić information content (AvgIpc) is 2.99. The fraction of sp³-hybridized carbons (Fsp3) is 0.409. The van der Waals surface area contributed by atoms with E-state index in [0.29, 0.717) is 26.0 Å². The van der Waals surface area contributed by atoms with E-state index < -0.39 is 11.4 Å². The van der Waals surface area contributed by atoms with Crippen molar-refractivity contribution < 1.29 is 23.8 Å². The van der Waals surface area contributed by atoms with Crippen LogP contribution in [0.25, 0.3) is 0 Å². The first-order valence-electron chi connectivity index (χ1n) is 9.58. The molecule has 0 aliphatic carbocycles. The van der Waals surface area contributed by atoms with Crippen LogP contribution >= 0.6 is 11.6 Å². The summed E-state index contributed by atoms with van der Waals surface area (Å²) in [5.41, 5.74) is 2.29. The van der Waals surface area contributed by atoms with Crippen molar-refractivity contribution in [3.05, 3.63) is 63.9 Å². The van der Waals surface area contributed by atoms with E-state index in [0.717, 1.165) is 22.4 Å². The number of fused-ring (bicyclic) bond motifs is 1. The number of hydrogen-bond acceptors (Lipinski definition) is 4. The lowest BCUT2D eigenvalue weighted by atomic mass is 9.91. The van der Waals surface area contributed by atoms with Gasteiger partial charge in [-0.15, -0.1) is 0 Å². The zero-order chi connectivity index (χ0) is 20.9. The van der Waals surface area contributed by atoms with Crippen molar-refractivity contribution in [1.82, 2.24) is 5.32 Å². The Bertz CT molecular complexity index is 876. The third kappa shape index (κ3) is 5.92. The topological polar surface area (TPSA) is 67.8 Å². The number of hydrogen-bond donors (Lipinski definition) is 2. The second-order valence-electron chi connectivity index (χ2n) is 7.46. The van der Waals surface area contributed by atoms with Gasteiger partial charge in [-0.05, 0) is 41.8 Å². The molecule has 2 aromatic rings. The normalized spacial score (nSPS) is 17.7. The zero-order valence-electron chi connectivity index (χ0n) is 16.3. The van der Waals surface area contributed by atoms with Gasteiger partial charge in [0.2, 0.25) is 5.91 Å². The Balaban J connectivity index is 1.56. The molecular formula is C22H25ClFNO4. The smallest absolute Gasteiger partial charge is 0.224 e. The summed E-state index contributed by atoms with van der Waals surface area (Å²) in [6.07, 6.45) is 1.50. The van der Waals surface area contributed by atoms with Gasteiger partial charge in [-0.2, -0.15) is 0 Å². The Morgan fingerprint density at radius 2 is 2.07 bits per heavy atom. The lowest BCUT2D eigenvalue weighted by molar-refractivity contribution is -0.120. The lowest BCUT2D eigenvalue weighted by Gasteiger charge is -2.24. The molecule has 5 nitrogen and oxygen atoms in total. The molecule has 1 amide bonds. The van der Waals surface area contributed by atoms with E-state index in [2.05, 4.69) is 5.32 Å². The van der Waals surface area contributed by atoms with E-state index >= 15 is 0 Å². The van der Waals surface area contributed by atoms with Gasteiger partial charge in [0, 0.05) is 19.4 Å². The highest BCUT2D eigenvalue weighted by Gasteiger charge is 2.35. The highest BCUT2D eigenvalue weighted by atomic mass is 35.5. The number of aliphatic hydroxyl groups excluding tert-OH is 1. The predicted molar refractivity (Wildman–Crippen MR) is 109 cm³/mol. The van der Waals surface area contributed by atoms with Crippen molar-refractivity contribution in [3.8, 4) is 5.75 Å². The van der Waals surface area contributed by atoms with E-state index in [4.69, 9.17) is 26.2 Å². The third-order valence-electron chi connectivity index (χ3n) is 4.78. The Morgan fingerprint density at radius 3 is 2.83 bits per heavy atom. The molecule has 0 fully saturated rings. The third-order valence-corrected chi connectivity index (χ3v) is 5.08.